The van der Waals surface area contributed by atoms with Crippen molar-refractivity contribution in [2.75, 3.05) is 38.2 Å². The number of hydrogen-bond donors (Lipinski definition) is 0. The summed E-state index contributed by atoms with van der Waals surface area (Å²) >= 11 is 5.99. The van der Waals surface area contributed by atoms with Crippen molar-refractivity contribution in [1.82, 2.24) is 5.32 Å². The number of benzene rings is 1. The second kappa shape index (κ2) is 4.73. The fraction of sp³-hybridized carbons (Fsp3) is 0.455. The molecule has 0 aromatic heterocycles. The van der Waals surface area contributed by atoms with Crippen LogP contribution in [0.15, 0.2) is 18.2 Å². The topological polar surface area (TPSA) is 26.6 Å². The number of methoxy groups -OCH3 is 1. The highest BCUT2D eigenvalue weighted by molar-refractivity contribution is 6.30. The normalized spacial score (nSPS) is 16.5. The molecule has 0 N–H and O–H groups in total. The van der Waals surface area contributed by atoms with E-state index in [1.54, 1.807) is 7.11 Å². The first-order valence-corrected chi connectivity index (χ1v) is 5.41. The van der Waals surface area contributed by atoms with Gasteiger partial charge in [-0.25, -0.2) is 5.32 Å². The van der Waals surface area contributed by atoms with Crippen molar-refractivity contribution >= 4 is 17.3 Å². The van der Waals surface area contributed by atoms with Gasteiger partial charge in [0, 0.05) is 31.2 Å². The molecule has 1 aromatic carbocycles. The minimum atomic E-state index is 0.744. The lowest BCUT2D eigenvalue weighted by molar-refractivity contribution is 0.413. The fourth-order valence-corrected chi connectivity index (χ4v) is 1.92. The average molecular weight is 226 g/mol. The highest BCUT2D eigenvalue weighted by Gasteiger charge is 2.15. The predicted octanol–water partition coefficient (Wildman–Crippen LogP) is 1.77. The van der Waals surface area contributed by atoms with Crippen molar-refractivity contribution in [2.45, 2.75) is 0 Å². The number of piperazine rings is 1. The van der Waals surface area contributed by atoms with Crippen molar-refractivity contribution in [3.8, 4) is 5.75 Å². The lowest BCUT2D eigenvalue weighted by Gasteiger charge is -2.29. The van der Waals surface area contributed by atoms with Gasteiger partial charge in [-0.3, -0.25) is 0 Å². The first-order valence-electron chi connectivity index (χ1n) is 5.03. The Morgan fingerprint density at radius 2 is 2.07 bits per heavy atom. The summed E-state index contributed by atoms with van der Waals surface area (Å²) < 4.78 is 5.32. The molecule has 15 heavy (non-hydrogen) atoms. The van der Waals surface area contributed by atoms with Crippen molar-refractivity contribution in [1.29, 1.82) is 0 Å². The first-order chi connectivity index (χ1) is 7.31. The van der Waals surface area contributed by atoms with Gasteiger partial charge in [0.2, 0.25) is 0 Å². The summed E-state index contributed by atoms with van der Waals surface area (Å²) in [6, 6.07) is 5.70. The Balaban J connectivity index is 2.27. The molecule has 0 bridgehead atoms. The van der Waals surface area contributed by atoms with E-state index in [1.807, 2.05) is 18.2 Å². The van der Waals surface area contributed by atoms with Crippen molar-refractivity contribution in [3.63, 3.8) is 0 Å². The van der Waals surface area contributed by atoms with E-state index >= 15 is 0 Å². The minimum absolute atomic E-state index is 0.744. The van der Waals surface area contributed by atoms with Gasteiger partial charge in [-0.1, -0.05) is 11.6 Å². The van der Waals surface area contributed by atoms with Crippen molar-refractivity contribution in [2.24, 2.45) is 0 Å². The molecule has 2 rings (SSSR count). The highest BCUT2D eigenvalue weighted by atomic mass is 35.5. The van der Waals surface area contributed by atoms with E-state index < -0.39 is 0 Å². The fourth-order valence-electron chi connectivity index (χ4n) is 1.76. The SMILES string of the molecule is COc1ccc(Cl)cc1N1CC[N]CC1. The van der Waals surface area contributed by atoms with Gasteiger partial charge in [0.1, 0.15) is 5.75 Å². The summed E-state index contributed by atoms with van der Waals surface area (Å²) in [6.45, 7) is 3.65. The summed E-state index contributed by atoms with van der Waals surface area (Å²) in [4.78, 5) is 2.26. The zero-order valence-electron chi connectivity index (χ0n) is 8.74. The molecule has 1 saturated heterocycles. The van der Waals surface area contributed by atoms with Crippen LogP contribution in [0.3, 0.4) is 0 Å². The molecule has 1 aromatic rings. The third kappa shape index (κ3) is 2.36. The van der Waals surface area contributed by atoms with Gasteiger partial charge < -0.3 is 9.64 Å². The number of rotatable bonds is 2. The van der Waals surface area contributed by atoms with Crippen LogP contribution in [0.4, 0.5) is 5.69 Å². The van der Waals surface area contributed by atoms with E-state index in [9.17, 15) is 0 Å². The van der Waals surface area contributed by atoms with Gasteiger partial charge in [-0.15, -0.1) is 0 Å². The molecule has 1 aliphatic rings. The number of ether oxygens (including phenoxy) is 1. The van der Waals surface area contributed by atoms with Crippen molar-refractivity contribution < 1.29 is 4.74 Å². The third-order valence-corrected chi connectivity index (χ3v) is 2.77. The molecule has 0 saturated carbocycles. The summed E-state index contributed by atoms with van der Waals surface area (Å²) in [5.74, 6) is 0.876. The summed E-state index contributed by atoms with van der Waals surface area (Å²) in [7, 11) is 1.68. The molecule has 4 heteroatoms. The van der Waals surface area contributed by atoms with E-state index in [0.717, 1.165) is 42.6 Å². The van der Waals surface area contributed by atoms with E-state index in [-0.39, 0.29) is 0 Å². The quantitative estimate of drug-likeness (QED) is 0.767. The third-order valence-electron chi connectivity index (χ3n) is 2.54. The molecule has 1 aliphatic heterocycles. The van der Waals surface area contributed by atoms with E-state index in [1.165, 1.54) is 0 Å². The van der Waals surface area contributed by atoms with Crippen molar-refractivity contribution in [3.05, 3.63) is 23.2 Å². The minimum Gasteiger partial charge on any atom is -0.495 e. The molecule has 0 spiro atoms. The van der Waals surface area contributed by atoms with Crippen LogP contribution in [0.5, 0.6) is 5.75 Å². The molecular weight excluding hydrogens is 212 g/mol. The van der Waals surface area contributed by atoms with Gasteiger partial charge in [0.05, 0.1) is 12.8 Å². The van der Waals surface area contributed by atoms with Crippen LogP contribution in [-0.2, 0) is 0 Å². The monoisotopic (exact) mass is 225 g/mol. The lowest BCUT2D eigenvalue weighted by Crippen LogP contribution is -2.40. The number of halogens is 1. The van der Waals surface area contributed by atoms with E-state index in [4.69, 9.17) is 16.3 Å². The largest absolute Gasteiger partial charge is 0.495 e. The number of hydrogen-bond acceptors (Lipinski definition) is 2. The Morgan fingerprint density at radius 1 is 1.33 bits per heavy atom. The molecule has 0 unspecified atom stereocenters. The lowest BCUT2D eigenvalue weighted by atomic mass is 10.2. The van der Waals surface area contributed by atoms with E-state index in [0.29, 0.717) is 0 Å². The maximum Gasteiger partial charge on any atom is 0.142 e. The van der Waals surface area contributed by atoms with Crippen LogP contribution in [0, 0.1) is 0 Å². The maximum atomic E-state index is 5.99. The second-order valence-electron chi connectivity index (χ2n) is 3.47. The van der Waals surface area contributed by atoms with E-state index in [2.05, 4.69) is 10.2 Å². The van der Waals surface area contributed by atoms with Gasteiger partial charge in [0.25, 0.3) is 0 Å². The molecule has 3 nitrogen and oxygen atoms in total. The van der Waals surface area contributed by atoms with Gasteiger partial charge >= 0.3 is 0 Å². The predicted molar refractivity (Wildman–Crippen MR) is 62.1 cm³/mol. The Morgan fingerprint density at radius 3 is 2.73 bits per heavy atom. The molecule has 1 fully saturated rings. The van der Waals surface area contributed by atoms with Crippen LogP contribution >= 0.6 is 11.6 Å². The second-order valence-corrected chi connectivity index (χ2v) is 3.91. The average Bonchev–Trinajstić information content (AvgIpc) is 2.30. The highest BCUT2D eigenvalue weighted by Crippen LogP contribution is 2.31. The number of nitrogens with zero attached hydrogens (tertiary/aromatic N) is 2. The van der Waals surface area contributed by atoms with Gasteiger partial charge in [-0.2, -0.15) is 0 Å². The Hall–Kier alpha value is -0.930. The molecule has 0 atom stereocenters. The summed E-state index contributed by atoms with van der Waals surface area (Å²) in [6.07, 6.45) is 0. The summed E-state index contributed by atoms with van der Waals surface area (Å²) in [5, 5.41) is 5.06. The Labute approximate surface area is 95.0 Å². The molecule has 1 radical (unpaired) electrons. The molecular formula is C11H14ClN2O. The van der Waals surface area contributed by atoms with Crippen LogP contribution in [-0.4, -0.2) is 33.3 Å². The van der Waals surface area contributed by atoms with Crippen LogP contribution in [0.2, 0.25) is 5.02 Å². The smallest absolute Gasteiger partial charge is 0.142 e. The van der Waals surface area contributed by atoms with Crippen LogP contribution in [0.1, 0.15) is 0 Å². The summed E-state index contributed by atoms with van der Waals surface area (Å²) in [5.41, 5.74) is 1.07. The zero-order valence-corrected chi connectivity index (χ0v) is 9.50. The van der Waals surface area contributed by atoms with Gasteiger partial charge in [0.15, 0.2) is 0 Å². The first kappa shape index (κ1) is 10.6. The molecule has 0 amide bonds. The Kier molecular flexibility index (Phi) is 3.34. The zero-order chi connectivity index (χ0) is 10.7. The standard InChI is InChI=1S/C11H14ClN2O/c1-15-11-3-2-9(12)8-10(11)14-6-4-13-5-7-14/h2-3,8H,4-7H2,1H3. The Bertz CT molecular complexity index is 337. The molecule has 1 heterocycles. The number of anilines is 1. The van der Waals surface area contributed by atoms with Gasteiger partial charge in [-0.05, 0) is 18.2 Å². The van der Waals surface area contributed by atoms with Crippen LogP contribution < -0.4 is 15.0 Å². The maximum absolute atomic E-state index is 5.99. The molecule has 0 aliphatic carbocycles. The molecule has 81 valence electrons. The van der Waals surface area contributed by atoms with Crippen LogP contribution in [0.25, 0.3) is 0 Å².